The van der Waals surface area contributed by atoms with E-state index in [2.05, 4.69) is 5.32 Å². The smallest absolute Gasteiger partial charge is 0.339 e. The second-order valence-electron chi connectivity index (χ2n) is 5.61. The van der Waals surface area contributed by atoms with Gasteiger partial charge in [0.2, 0.25) is 6.10 Å². The molecule has 0 aliphatic rings. The number of carbonyl (C=O) groups is 3. The summed E-state index contributed by atoms with van der Waals surface area (Å²) >= 11 is 1.31. The van der Waals surface area contributed by atoms with Gasteiger partial charge >= 0.3 is 5.97 Å². The van der Waals surface area contributed by atoms with Crippen molar-refractivity contribution in [2.75, 3.05) is 5.32 Å². The Balaban J connectivity index is 1.74. The molecule has 6 nitrogen and oxygen atoms in total. The highest BCUT2D eigenvalue weighted by Crippen LogP contribution is 2.20. The van der Waals surface area contributed by atoms with Crippen molar-refractivity contribution >= 4 is 34.8 Å². The minimum atomic E-state index is -1.19. The van der Waals surface area contributed by atoms with Gasteiger partial charge in [-0.2, -0.15) is 0 Å². The minimum Gasteiger partial charge on any atom is -0.444 e. The Kier molecular flexibility index (Phi) is 5.63. The average Bonchev–Trinajstić information content (AvgIpc) is 3.21. The van der Waals surface area contributed by atoms with Gasteiger partial charge in [0.15, 0.2) is 0 Å². The van der Waals surface area contributed by atoms with Crippen LogP contribution >= 0.6 is 11.3 Å². The summed E-state index contributed by atoms with van der Waals surface area (Å²) in [5.74, 6) is -1.75. The van der Waals surface area contributed by atoms with Crippen molar-refractivity contribution in [1.82, 2.24) is 0 Å². The zero-order valence-electron chi connectivity index (χ0n) is 14.1. The van der Waals surface area contributed by atoms with Crippen molar-refractivity contribution in [3.05, 3.63) is 88.1 Å². The lowest BCUT2D eigenvalue weighted by Crippen LogP contribution is -2.26. The number of nitrogens with one attached hydrogen (secondary N) is 1. The van der Waals surface area contributed by atoms with Gasteiger partial charge in [-0.3, -0.25) is 9.59 Å². The van der Waals surface area contributed by atoms with E-state index in [1.54, 1.807) is 60.0 Å². The van der Waals surface area contributed by atoms with E-state index in [9.17, 15) is 14.4 Å². The first-order chi connectivity index (χ1) is 13.0. The van der Waals surface area contributed by atoms with Crippen LogP contribution in [0, 0.1) is 0 Å². The lowest BCUT2D eigenvalue weighted by Gasteiger charge is -2.15. The average molecular weight is 380 g/mol. The SMILES string of the molecule is NC(=O)[C@@H](OC(=O)c1cccc(NC(=O)c2cccs2)c1)c1ccccc1. The van der Waals surface area contributed by atoms with E-state index in [0.29, 0.717) is 16.1 Å². The number of carbonyl (C=O) groups excluding carboxylic acids is 3. The predicted molar refractivity (Wildman–Crippen MR) is 103 cm³/mol. The Bertz CT molecular complexity index is 955. The molecule has 27 heavy (non-hydrogen) atoms. The molecule has 0 aliphatic heterocycles. The number of ether oxygens (including phenoxy) is 1. The second-order valence-corrected chi connectivity index (χ2v) is 6.56. The molecule has 136 valence electrons. The van der Waals surface area contributed by atoms with E-state index in [-0.39, 0.29) is 11.5 Å². The van der Waals surface area contributed by atoms with Crippen molar-refractivity contribution in [3.63, 3.8) is 0 Å². The van der Waals surface area contributed by atoms with Gasteiger partial charge in [-0.05, 0) is 29.6 Å². The lowest BCUT2D eigenvalue weighted by atomic mass is 10.1. The maximum absolute atomic E-state index is 12.5. The highest BCUT2D eigenvalue weighted by atomic mass is 32.1. The summed E-state index contributed by atoms with van der Waals surface area (Å²) in [6.07, 6.45) is -1.19. The third-order valence-electron chi connectivity index (χ3n) is 3.69. The predicted octanol–water partition coefficient (Wildman–Crippen LogP) is 3.38. The highest BCUT2D eigenvalue weighted by molar-refractivity contribution is 7.12. The molecule has 0 spiro atoms. The Hall–Kier alpha value is -3.45. The van der Waals surface area contributed by atoms with Crippen molar-refractivity contribution in [3.8, 4) is 0 Å². The molecule has 3 aromatic rings. The third kappa shape index (κ3) is 4.59. The summed E-state index contributed by atoms with van der Waals surface area (Å²) in [6.45, 7) is 0. The third-order valence-corrected chi connectivity index (χ3v) is 4.56. The van der Waals surface area contributed by atoms with Crippen LogP contribution in [-0.4, -0.2) is 17.8 Å². The second kappa shape index (κ2) is 8.29. The van der Waals surface area contributed by atoms with Gasteiger partial charge in [0, 0.05) is 11.3 Å². The van der Waals surface area contributed by atoms with E-state index in [1.165, 1.54) is 23.5 Å². The summed E-state index contributed by atoms with van der Waals surface area (Å²) in [5.41, 5.74) is 6.50. The maximum Gasteiger partial charge on any atom is 0.339 e. The monoisotopic (exact) mass is 380 g/mol. The Morgan fingerprint density at radius 3 is 2.41 bits per heavy atom. The summed E-state index contributed by atoms with van der Waals surface area (Å²) < 4.78 is 5.29. The fourth-order valence-corrected chi connectivity index (χ4v) is 3.04. The number of amides is 2. The van der Waals surface area contributed by atoms with Crippen LogP contribution in [0.4, 0.5) is 5.69 Å². The van der Waals surface area contributed by atoms with E-state index >= 15 is 0 Å². The summed E-state index contributed by atoms with van der Waals surface area (Å²) in [6, 6.07) is 18.3. The molecule has 2 aromatic carbocycles. The number of nitrogens with two attached hydrogens (primary N) is 1. The molecule has 0 aliphatic carbocycles. The number of hydrogen-bond donors (Lipinski definition) is 2. The first-order valence-corrected chi connectivity index (χ1v) is 8.93. The number of hydrogen-bond acceptors (Lipinski definition) is 5. The molecule has 0 radical (unpaired) electrons. The van der Waals surface area contributed by atoms with E-state index in [0.717, 1.165) is 0 Å². The lowest BCUT2D eigenvalue weighted by molar-refractivity contribution is -0.127. The number of anilines is 1. The number of thiophene rings is 1. The van der Waals surface area contributed by atoms with E-state index in [1.807, 2.05) is 0 Å². The number of esters is 1. The standard InChI is InChI=1S/C20H16N2O4S/c21-18(23)17(13-6-2-1-3-7-13)26-20(25)14-8-4-9-15(12-14)22-19(24)16-10-5-11-27-16/h1-12,17H,(H2,21,23)(H,22,24)/t17-/m0/s1. The van der Waals surface area contributed by atoms with Gasteiger partial charge in [-0.1, -0.05) is 42.5 Å². The van der Waals surface area contributed by atoms with Crippen LogP contribution < -0.4 is 11.1 Å². The largest absolute Gasteiger partial charge is 0.444 e. The summed E-state index contributed by atoms with van der Waals surface area (Å²) in [5, 5.41) is 4.52. The maximum atomic E-state index is 12.5. The number of rotatable bonds is 6. The molecular formula is C20H16N2O4S. The molecule has 2 amide bonds. The zero-order chi connectivity index (χ0) is 19.2. The first-order valence-electron chi connectivity index (χ1n) is 8.05. The Labute approximate surface area is 159 Å². The molecule has 1 heterocycles. The topological polar surface area (TPSA) is 98.5 Å². The van der Waals surface area contributed by atoms with Crippen LogP contribution in [0.15, 0.2) is 72.1 Å². The molecule has 3 rings (SSSR count). The molecule has 1 aromatic heterocycles. The van der Waals surface area contributed by atoms with Crippen LogP contribution in [0.25, 0.3) is 0 Å². The quantitative estimate of drug-likeness (QED) is 0.641. The van der Waals surface area contributed by atoms with E-state index < -0.39 is 18.0 Å². The summed E-state index contributed by atoms with van der Waals surface area (Å²) in [7, 11) is 0. The van der Waals surface area contributed by atoms with Crippen LogP contribution in [0.3, 0.4) is 0 Å². The molecule has 0 unspecified atom stereocenters. The van der Waals surface area contributed by atoms with Crippen molar-refractivity contribution in [2.24, 2.45) is 5.73 Å². The first kappa shape index (κ1) is 18.3. The van der Waals surface area contributed by atoms with Gasteiger partial charge in [0.1, 0.15) is 0 Å². The van der Waals surface area contributed by atoms with Crippen molar-refractivity contribution in [2.45, 2.75) is 6.10 Å². The molecule has 0 saturated heterocycles. The fraction of sp³-hybridized carbons (Fsp3) is 0.0500. The van der Waals surface area contributed by atoms with Crippen molar-refractivity contribution < 1.29 is 19.1 Å². The van der Waals surface area contributed by atoms with Crippen LogP contribution in [0.5, 0.6) is 0 Å². The van der Waals surface area contributed by atoms with Crippen LogP contribution in [-0.2, 0) is 9.53 Å². The molecule has 3 N–H and O–H groups in total. The summed E-state index contributed by atoms with van der Waals surface area (Å²) in [4.78, 5) is 36.8. The highest BCUT2D eigenvalue weighted by Gasteiger charge is 2.23. The van der Waals surface area contributed by atoms with Gasteiger partial charge in [0.25, 0.3) is 11.8 Å². The number of primary amides is 1. The van der Waals surface area contributed by atoms with Gasteiger partial charge < -0.3 is 15.8 Å². The van der Waals surface area contributed by atoms with Crippen LogP contribution in [0.2, 0.25) is 0 Å². The molecule has 1 atom stereocenters. The molecular weight excluding hydrogens is 364 g/mol. The molecule has 0 fully saturated rings. The van der Waals surface area contributed by atoms with Crippen molar-refractivity contribution in [1.29, 1.82) is 0 Å². The minimum absolute atomic E-state index is 0.196. The van der Waals surface area contributed by atoms with Gasteiger partial charge in [-0.15, -0.1) is 11.3 Å². The van der Waals surface area contributed by atoms with Crippen LogP contribution in [0.1, 0.15) is 31.7 Å². The Morgan fingerprint density at radius 2 is 1.74 bits per heavy atom. The van der Waals surface area contributed by atoms with Gasteiger partial charge in [0.05, 0.1) is 10.4 Å². The number of benzene rings is 2. The molecule has 7 heteroatoms. The molecule has 0 bridgehead atoms. The Morgan fingerprint density at radius 1 is 0.963 bits per heavy atom. The zero-order valence-corrected chi connectivity index (χ0v) is 14.9. The molecule has 0 saturated carbocycles. The van der Waals surface area contributed by atoms with Gasteiger partial charge in [-0.25, -0.2) is 4.79 Å². The van der Waals surface area contributed by atoms with E-state index in [4.69, 9.17) is 10.5 Å². The normalized spacial score (nSPS) is 11.4. The fourth-order valence-electron chi connectivity index (χ4n) is 2.42.